The third kappa shape index (κ3) is 8.59. The van der Waals surface area contributed by atoms with Crippen LogP contribution in [0.2, 0.25) is 0 Å². The zero-order valence-electron chi connectivity index (χ0n) is 18.7. The molecule has 10 radical (unpaired) electrons. The Balaban J connectivity index is 0.000000750. The first-order valence-electron chi connectivity index (χ1n) is 9.99. The van der Waals surface area contributed by atoms with Gasteiger partial charge in [-0.05, 0) is 84.6 Å². The molecule has 2 saturated carbocycles. The van der Waals surface area contributed by atoms with Crippen molar-refractivity contribution in [2.45, 2.75) is 26.4 Å². The maximum atomic E-state index is 12.7. The van der Waals surface area contributed by atoms with Crippen LogP contribution in [-0.2, 0) is 26.6 Å². The molecule has 0 N–H and O–H groups in total. The summed E-state index contributed by atoms with van der Waals surface area (Å²) in [6, 6.07) is 0. The van der Waals surface area contributed by atoms with Crippen molar-refractivity contribution in [3.05, 3.63) is 101 Å². The van der Waals surface area contributed by atoms with Gasteiger partial charge in [0.15, 0.2) is 0 Å². The fraction of sp³-hybridized carbons (Fsp3) is 0.240. The molecule has 0 bridgehead atoms. The van der Waals surface area contributed by atoms with Crippen LogP contribution in [0.4, 0.5) is 4.79 Å². The smallest absolute Gasteiger partial charge is 0.443 e. The second-order valence-corrected chi connectivity index (χ2v) is 7.71. The van der Waals surface area contributed by atoms with Gasteiger partial charge >= 0.3 is 23.2 Å². The van der Waals surface area contributed by atoms with E-state index in [0.29, 0.717) is 0 Å². The monoisotopic (exact) mass is 475 g/mol. The number of ether oxygens (including phenoxy) is 1. The van der Waals surface area contributed by atoms with Crippen molar-refractivity contribution in [3.63, 3.8) is 0 Å². The summed E-state index contributed by atoms with van der Waals surface area (Å²) >= 11 is 0. The molecule has 0 unspecified atom stereocenters. The van der Waals surface area contributed by atoms with Gasteiger partial charge in [-0.15, -0.1) is 13.2 Å². The molecule has 0 spiro atoms. The fourth-order valence-electron chi connectivity index (χ4n) is 2.69. The zero-order chi connectivity index (χ0) is 22.9. The van der Waals surface area contributed by atoms with Crippen molar-refractivity contribution in [1.29, 1.82) is 0 Å². The van der Waals surface area contributed by atoms with Gasteiger partial charge in [-0.2, -0.15) is 0 Å². The van der Waals surface area contributed by atoms with Crippen LogP contribution in [0, 0.1) is 63.7 Å². The fourth-order valence-corrected chi connectivity index (χ4v) is 2.69. The third-order valence-electron chi connectivity index (χ3n) is 3.95. The van der Waals surface area contributed by atoms with E-state index >= 15 is 0 Å². The van der Waals surface area contributed by atoms with Gasteiger partial charge in [0.25, 0.3) is 5.91 Å². The van der Waals surface area contributed by atoms with Crippen LogP contribution in [-0.4, -0.2) is 46.5 Å². The van der Waals surface area contributed by atoms with E-state index in [1.807, 2.05) is 57.8 Å². The molecule has 0 atom stereocenters. The normalized spacial score (nSPS) is 19.7. The Labute approximate surface area is 204 Å². The van der Waals surface area contributed by atoms with Crippen LogP contribution in [0.1, 0.15) is 20.8 Å². The number of carbonyl (C=O) groups is 2. The van der Waals surface area contributed by atoms with Crippen molar-refractivity contribution >= 4 is 18.0 Å². The number of nitrogens with zero attached hydrogens (tertiary/aromatic N) is 3. The molecule has 0 aromatic heterocycles. The van der Waals surface area contributed by atoms with Gasteiger partial charge in [-0.25, -0.2) is 14.7 Å². The zero-order valence-corrected chi connectivity index (χ0v) is 19.8. The van der Waals surface area contributed by atoms with Gasteiger partial charge in [-0.1, -0.05) is 12.2 Å². The van der Waals surface area contributed by atoms with Crippen molar-refractivity contribution in [1.82, 2.24) is 9.80 Å². The second-order valence-electron chi connectivity index (χ2n) is 7.71. The van der Waals surface area contributed by atoms with E-state index in [9.17, 15) is 9.59 Å². The summed E-state index contributed by atoms with van der Waals surface area (Å²) in [5, 5.41) is 0. The Kier molecular flexibility index (Phi) is 12.0. The van der Waals surface area contributed by atoms with Gasteiger partial charge < -0.3 is 4.74 Å². The molecule has 1 aliphatic heterocycles. The average molecular weight is 475 g/mol. The number of hydrogen-bond donors (Lipinski definition) is 0. The number of hydrogen-bond acceptors (Lipinski definition) is 4. The first kappa shape index (κ1) is 28.2. The minimum atomic E-state index is -0.670. The van der Waals surface area contributed by atoms with E-state index in [0.717, 1.165) is 5.92 Å². The van der Waals surface area contributed by atoms with Crippen LogP contribution >= 0.6 is 0 Å². The first-order chi connectivity index (χ1) is 14.8. The molecule has 0 aromatic rings. The van der Waals surface area contributed by atoms with Gasteiger partial charge in [0.1, 0.15) is 11.3 Å². The molecule has 2 aliphatic carbocycles. The Bertz CT molecular complexity index is 707. The molecule has 0 aromatic carbocycles. The average Bonchev–Trinajstić information content (AvgIpc) is 3.46. The van der Waals surface area contributed by atoms with Crippen LogP contribution in [0.25, 0.3) is 0 Å². The van der Waals surface area contributed by atoms with Crippen molar-refractivity contribution in [2.24, 2.45) is 4.99 Å². The molecule has 2 fully saturated rings. The Hall–Kier alpha value is -1.85. The Morgan fingerprint density at radius 3 is 2.09 bits per heavy atom. The van der Waals surface area contributed by atoms with Crippen LogP contribution in [0.3, 0.4) is 0 Å². The van der Waals surface area contributed by atoms with E-state index in [4.69, 9.17) is 4.74 Å². The molecule has 0 saturated heterocycles. The number of aliphatic imine (C=N–C) groups is 1. The van der Waals surface area contributed by atoms with Crippen molar-refractivity contribution in [2.75, 3.05) is 13.1 Å². The summed E-state index contributed by atoms with van der Waals surface area (Å²) in [6.07, 6.45) is 21.7. The van der Waals surface area contributed by atoms with Crippen molar-refractivity contribution in [3.8, 4) is 0 Å². The summed E-state index contributed by atoms with van der Waals surface area (Å²) in [7, 11) is 0. The van der Waals surface area contributed by atoms with Gasteiger partial charge in [0.05, 0.1) is 0 Å². The van der Waals surface area contributed by atoms with E-state index in [-0.39, 0.29) is 47.7 Å². The molecule has 6 nitrogen and oxygen atoms in total. The standard InChI is InChI=1S/C20H24N3O3.C5H5.Fe/c1-6-12-22-17(24)16(14-15-10-8-9-11-15)21-18(22)23(13-7-2)19(25)26-20(3,4)5;1-2-4-5-3-1;/h6-11,14H,1-2,12-13H2,3-5H3;1-5H;/q;;+2/b16-14-;;. The predicted octanol–water partition coefficient (Wildman–Crippen LogP) is 4.10. The van der Waals surface area contributed by atoms with E-state index in [2.05, 4.69) is 18.2 Å². The molecular formula is C25H29FeN3O3+2. The number of guanidine groups is 1. The van der Waals surface area contributed by atoms with Crippen LogP contribution in [0.15, 0.2) is 42.1 Å². The van der Waals surface area contributed by atoms with Gasteiger partial charge in [-0.3, -0.25) is 9.69 Å². The maximum absolute atomic E-state index is 12.7. The molecular weight excluding hydrogens is 446 g/mol. The summed E-state index contributed by atoms with van der Waals surface area (Å²) in [5.74, 6) is 0.782. The largest absolute Gasteiger partial charge is 2.00 e. The number of carbonyl (C=O) groups excluding carboxylic acids is 2. The summed E-state index contributed by atoms with van der Waals surface area (Å²) in [4.78, 5) is 32.4. The number of allylic oxidation sites excluding steroid dienone is 1. The van der Waals surface area contributed by atoms with Gasteiger partial charge in [0, 0.05) is 19.0 Å². The summed E-state index contributed by atoms with van der Waals surface area (Å²) in [5.41, 5.74) is -0.414. The minimum Gasteiger partial charge on any atom is -0.443 e. The van der Waals surface area contributed by atoms with E-state index in [1.165, 1.54) is 9.80 Å². The molecule has 3 rings (SSSR count). The quantitative estimate of drug-likeness (QED) is 0.342. The van der Waals surface area contributed by atoms with Gasteiger partial charge in [0.2, 0.25) is 5.96 Å². The minimum absolute atomic E-state index is 0. The van der Waals surface area contributed by atoms with E-state index in [1.54, 1.807) is 39.0 Å². The summed E-state index contributed by atoms with van der Waals surface area (Å²) < 4.78 is 5.44. The SMILES string of the molecule is C=CCN(C(=O)OC(C)(C)C)C1=N/C(=C\[C]2[CH][CH][CH][CH]2)C(=O)N1CC=C.[CH]1[CH][CH][CH][CH]1.[Fe+2]. The van der Waals surface area contributed by atoms with Crippen molar-refractivity contribution < 1.29 is 31.4 Å². The summed E-state index contributed by atoms with van der Waals surface area (Å²) in [6.45, 7) is 13.1. The first-order valence-corrected chi connectivity index (χ1v) is 9.99. The molecule has 1 heterocycles. The maximum Gasteiger partial charge on any atom is 2.00 e. The molecule has 7 heteroatoms. The predicted molar refractivity (Wildman–Crippen MR) is 123 cm³/mol. The molecule has 168 valence electrons. The van der Waals surface area contributed by atoms with E-state index < -0.39 is 11.7 Å². The molecule has 3 aliphatic rings. The number of amides is 2. The molecule has 32 heavy (non-hydrogen) atoms. The van der Waals surface area contributed by atoms with Crippen LogP contribution in [0.5, 0.6) is 0 Å². The topological polar surface area (TPSA) is 62.2 Å². The van der Waals surface area contributed by atoms with Crippen LogP contribution < -0.4 is 0 Å². The second kappa shape index (κ2) is 13.6. The molecule has 2 amide bonds. The Morgan fingerprint density at radius 2 is 1.62 bits per heavy atom. The Morgan fingerprint density at radius 1 is 1.06 bits per heavy atom. The number of rotatable bonds is 5. The third-order valence-corrected chi connectivity index (χ3v) is 3.95.